The van der Waals surface area contributed by atoms with Gasteiger partial charge in [-0.3, -0.25) is 9.59 Å². The Balaban J connectivity index is 4.93. The molecule has 0 aliphatic heterocycles. The molecule has 0 amide bonds. The third-order valence-corrected chi connectivity index (χ3v) is 1.66. The second-order valence-corrected chi connectivity index (χ2v) is 2.92. The molecule has 0 bridgehead atoms. The summed E-state index contributed by atoms with van der Waals surface area (Å²) >= 11 is 0. The summed E-state index contributed by atoms with van der Waals surface area (Å²) < 4.78 is 39.8. The lowest BCUT2D eigenvalue weighted by Crippen LogP contribution is -2.41. The molecule has 0 saturated carbocycles. The van der Waals surface area contributed by atoms with Gasteiger partial charge in [0, 0.05) is 0 Å². The molecular formula is C7H9F3O4. The van der Waals surface area contributed by atoms with Gasteiger partial charge in [-0.2, -0.15) is 13.2 Å². The molecule has 7 heteroatoms. The van der Waals surface area contributed by atoms with Crippen LogP contribution in [0.1, 0.15) is 13.3 Å². The number of halogens is 3. The molecule has 1 atom stereocenters. The highest BCUT2D eigenvalue weighted by molar-refractivity contribution is 5.98. The van der Waals surface area contributed by atoms with Crippen molar-refractivity contribution in [2.24, 2.45) is 5.41 Å². The van der Waals surface area contributed by atoms with Crippen molar-refractivity contribution >= 4 is 11.9 Å². The number of rotatable bonds is 3. The molecule has 0 aromatic heterocycles. The predicted octanol–water partition coefficient (Wildman–Crippen LogP) is 1.20. The molecule has 82 valence electrons. The van der Waals surface area contributed by atoms with Crippen LogP contribution in [0.5, 0.6) is 0 Å². The summed E-state index contributed by atoms with van der Waals surface area (Å²) in [5, 5.41) is 8.50. The fourth-order valence-corrected chi connectivity index (χ4v) is 0.861. The molecule has 0 aliphatic carbocycles. The van der Waals surface area contributed by atoms with Crippen molar-refractivity contribution in [3.63, 3.8) is 0 Å². The minimum atomic E-state index is -4.73. The van der Waals surface area contributed by atoms with Gasteiger partial charge in [-0.15, -0.1) is 0 Å². The van der Waals surface area contributed by atoms with Gasteiger partial charge in [-0.25, -0.2) is 0 Å². The third kappa shape index (κ3) is 2.90. The molecule has 0 spiro atoms. The summed E-state index contributed by atoms with van der Waals surface area (Å²) in [5.74, 6) is -3.27. The number of alkyl halides is 3. The van der Waals surface area contributed by atoms with E-state index in [0.29, 0.717) is 6.92 Å². The molecule has 4 nitrogen and oxygen atoms in total. The van der Waals surface area contributed by atoms with Gasteiger partial charge in [0.2, 0.25) is 0 Å². The first-order valence-electron chi connectivity index (χ1n) is 3.52. The van der Waals surface area contributed by atoms with Crippen LogP contribution in [0.15, 0.2) is 0 Å². The summed E-state index contributed by atoms with van der Waals surface area (Å²) in [5.41, 5.74) is -2.58. The van der Waals surface area contributed by atoms with Crippen molar-refractivity contribution in [2.45, 2.75) is 19.5 Å². The van der Waals surface area contributed by atoms with E-state index in [0.717, 1.165) is 7.11 Å². The third-order valence-electron chi connectivity index (χ3n) is 1.66. The first-order chi connectivity index (χ1) is 6.13. The second-order valence-electron chi connectivity index (χ2n) is 2.92. The van der Waals surface area contributed by atoms with Crippen molar-refractivity contribution in [3.05, 3.63) is 0 Å². The monoisotopic (exact) mass is 214 g/mol. The Hall–Kier alpha value is -1.27. The van der Waals surface area contributed by atoms with Crippen LogP contribution in [0.3, 0.4) is 0 Å². The lowest BCUT2D eigenvalue weighted by molar-refractivity contribution is -0.190. The van der Waals surface area contributed by atoms with Gasteiger partial charge in [0.25, 0.3) is 0 Å². The molecule has 0 radical (unpaired) electrons. The summed E-state index contributed by atoms with van der Waals surface area (Å²) in [6.45, 7) is 0.675. The maximum Gasteiger partial charge on any atom is 0.390 e. The molecule has 0 aromatic carbocycles. The smallest absolute Gasteiger partial charge is 0.390 e. The highest BCUT2D eigenvalue weighted by Crippen LogP contribution is 2.34. The van der Waals surface area contributed by atoms with Crippen molar-refractivity contribution in [1.29, 1.82) is 0 Å². The fraction of sp³-hybridized carbons (Fsp3) is 0.714. The van der Waals surface area contributed by atoms with Crippen LogP contribution in [0.2, 0.25) is 0 Å². The van der Waals surface area contributed by atoms with E-state index in [4.69, 9.17) is 5.11 Å². The molecule has 14 heavy (non-hydrogen) atoms. The van der Waals surface area contributed by atoms with Crippen molar-refractivity contribution < 1.29 is 32.6 Å². The van der Waals surface area contributed by atoms with Crippen LogP contribution in [0, 0.1) is 5.41 Å². The summed E-state index contributed by atoms with van der Waals surface area (Å²) in [6.07, 6.45) is -6.48. The first-order valence-corrected chi connectivity index (χ1v) is 3.52. The zero-order valence-corrected chi connectivity index (χ0v) is 7.51. The number of ether oxygens (including phenoxy) is 1. The highest BCUT2D eigenvalue weighted by Gasteiger charge is 2.51. The van der Waals surface area contributed by atoms with Crippen molar-refractivity contribution in [1.82, 2.24) is 0 Å². The Morgan fingerprint density at radius 1 is 1.36 bits per heavy atom. The number of carboxylic acid groups (broad SMARTS) is 1. The van der Waals surface area contributed by atoms with Crippen LogP contribution in [-0.2, 0) is 14.3 Å². The highest BCUT2D eigenvalue weighted by atomic mass is 19.4. The molecule has 0 saturated heterocycles. The van der Waals surface area contributed by atoms with Gasteiger partial charge in [-0.05, 0) is 6.92 Å². The summed E-state index contributed by atoms with van der Waals surface area (Å²) in [7, 11) is 0.833. The predicted molar refractivity (Wildman–Crippen MR) is 38.4 cm³/mol. The van der Waals surface area contributed by atoms with E-state index in [1.54, 1.807) is 0 Å². The van der Waals surface area contributed by atoms with Crippen molar-refractivity contribution in [3.8, 4) is 0 Å². The van der Waals surface area contributed by atoms with Crippen LogP contribution in [-0.4, -0.2) is 30.3 Å². The lowest BCUT2D eigenvalue weighted by atomic mass is 9.87. The van der Waals surface area contributed by atoms with Gasteiger partial charge in [0.1, 0.15) is 0 Å². The number of carboxylic acids is 1. The number of aliphatic carboxylic acids is 1. The molecule has 0 heterocycles. The number of carbonyl (C=O) groups is 2. The zero-order valence-electron chi connectivity index (χ0n) is 7.51. The topological polar surface area (TPSA) is 63.6 Å². The van der Waals surface area contributed by atoms with E-state index in [-0.39, 0.29) is 0 Å². The first kappa shape index (κ1) is 12.7. The fourth-order valence-electron chi connectivity index (χ4n) is 0.861. The second kappa shape index (κ2) is 3.85. The minimum absolute atomic E-state index is 0.675. The van der Waals surface area contributed by atoms with E-state index in [1.165, 1.54) is 0 Å². The normalized spacial score (nSPS) is 15.8. The van der Waals surface area contributed by atoms with Crippen molar-refractivity contribution in [2.75, 3.05) is 7.11 Å². The maximum absolute atomic E-state index is 11.9. The van der Waals surface area contributed by atoms with E-state index < -0.39 is 30.0 Å². The van der Waals surface area contributed by atoms with E-state index in [9.17, 15) is 22.8 Å². The van der Waals surface area contributed by atoms with Crippen LogP contribution in [0.4, 0.5) is 13.2 Å². The van der Waals surface area contributed by atoms with Crippen LogP contribution < -0.4 is 0 Å². The Labute approximate surface area is 77.7 Å². The van der Waals surface area contributed by atoms with E-state index in [1.807, 2.05) is 0 Å². The molecular weight excluding hydrogens is 205 g/mol. The molecule has 1 unspecified atom stereocenters. The number of hydrogen-bond acceptors (Lipinski definition) is 3. The van der Waals surface area contributed by atoms with E-state index in [2.05, 4.69) is 4.74 Å². The van der Waals surface area contributed by atoms with E-state index >= 15 is 0 Å². The van der Waals surface area contributed by atoms with Gasteiger partial charge in [0.15, 0.2) is 5.41 Å². The minimum Gasteiger partial charge on any atom is -0.480 e. The van der Waals surface area contributed by atoms with Gasteiger partial charge >= 0.3 is 18.1 Å². The Morgan fingerprint density at radius 2 is 1.79 bits per heavy atom. The Morgan fingerprint density at radius 3 is 2.00 bits per heavy atom. The summed E-state index contributed by atoms with van der Waals surface area (Å²) in [4.78, 5) is 21.3. The van der Waals surface area contributed by atoms with Gasteiger partial charge in [-0.1, -0.05) is 0 Å². The Bertz CT molecular complexity index is 248. The van der Waals surface area contributed by atoms with Crippen LogP contribution in [0.25, 0.3) is 0 Å². The SMILES string of the molecule is COC(=O)C(C)(CC(F)(F)F)C(=O)O. The number of methoxy groups -OCH3 is 1. The van der Waals surface area contributed by atoms with Gasteiger partial charge < -0.3 is 9.84 Å². The largest absolute Gasteiger partial charge is 0.480 e. The lowest BCUT2D eigenvalue weighted by Gasteiger charge is -2.22. The molecule has 0 aliphatic rings. The molecule has 0 rings (SSSR count). The molecule has 1 N–H and O–H groups in total. The average Bonchev–Trinajstić information content (AvgIpc) is 1.99. The standard InChI is InChI=1S/C7H9F3O4/c1-6(4(11)12,5(13)14-2)3-7(8,9)10/h3H2,1-2H3,(H,11,12). The number of esters is 1. The molecule has 0 aromatic rings. The number of carbonyl (C=O) groups excluding carboxylic acids is 1. The average molecular weight is 214 g/mol. The zero-order chi connectivity index (χ0) is 11.6. The van der Waals surface area contributed by atoms with Crippen LogP contribution >= 0.6 is 0 Å². The van der Waals surface area contributed by atoms with Gasteiger partial charge in [0.05, 0.1) is 13.5 Å². The summed E-state index contributed by atoms with van der Waals surface area (Å²) in [6, 6.07) is 0. The quantitative estimate of drug-likeness (QED) is 0.566. The maximum atomic E-state index is 11.9. The Kier molecular flexibility index (Phi) is 3.50. The number of hydrogen-bond donors (Lipinski definition) is 1. The molecule has 0 fully saturated rings.